The highest BCUT2D eigenvalue weighted by Gasteiger charge is 2.37. The van der Waals surface area contributed by atoms with Gasteiger partial charge in [0.05, 0.1) is 6.61 Å². The smallest absolute Gasteiger partial charge is 0.220 e. The topological polar surface area (TPSA) is 64.3 Å². The first-order valence-corrected chi connectivity index (χ1v) is 7.21. The Balaban J connectivity index is 1.82. The molecule has 0 unspecified atom stereocenters. The fourth-order valence-electron chi connectivity index (χ4n) is 2.73. The van der Waals surface area contributed by atoms with Gasteiger partial charge in [-0.05, 0) is 35.9 Å². The van der Waals surface area contributed by atoms with Crippen LogP contribution in [0.2, 0.25) is 0 Å². The van der Waals surface area contributed by atoms with Crippen LogP contribution in [0.1, 0.15) is 36.8 Å². The summed E-state index contributed by atoms with van der Waals surface area (Å²) in [4.78, 5) is 12.0. The average molecular weight is 276 g/mol. The molecule has 1 fully saturated rings. The van der Waals surface area contributed by atoms with E-state index in [0.29, 0.717) is 26.1 Å². The van der Waals surface area contributed by atoms with Crippen molar-refractivity contribution in [3.8, 4) is 0 Å². The van der Waals surface area contributed by atoms with E-state index in [1.807, 2.05) is 18.2 Å². The fraction of sp³-hybridized carbons (Fsp3) is 0.562. The zero-order valence-electron chi connectivity index (χ0n) is 12.2. The first-order valence-electron chi connectivity index (χ1n) is 7.21. The van der Waals surface area contributed by atoms with Crippen molar-refractivity contribution < 1.29 is 9.53 Å². The van der Waals surface area contributed by atoms with Crippen molar-refractivity contribution in [1.82, 2.24) is 5.32 Å². The number of amides is 1. The van der Waals surface area contributed by atoms with Crippen LogP contribution in [0.5, 0.6) is 0 Å². The van der Waals surface area contributed by atoms with Gasteiger partial charge < -0.3 is 15.8 Å². The van der Waals surface area contributed by atoms with Crippen molar-refractivity contribution in [3.05, 3.63) is 35.4 Å². The minimum absolute atomic E-state index is 0.0714. The Kier molecular flexibility index (Phi) is 5.15. The minimum Gasteiger partial charge on any atom is -0.380 e. The summed E-state index contributed by atoms with van der Waals surface area (Å²) in [6.45, 7) is 1.78. The number of ether oxygens (including phenoxy) is 1. The standard InChI is InChI=1S/C16H24N2O2/c1-20-11-14-5-2-4-13(8-14)10-18-15(19)9-16(12-17)6-3-7-16/h2,4-5,8H,3,6-7,9-12,17H2,1H3,(H,18,19). The highest BCUT2D eigenvalue weighted by Crippen LogP contribution is 2.42. The van der Waals surface area contributed by atoms with Crippen molar-refractivity contribution in [2.75, 3.05) is 13.7 Å². The molecule has 1 aromatic carbocycles. The maximum atomic E-state index is 12.0. The Morgan fingerprint density at radius 1 is 1.40 bits per heavy atom. The molecular weight excluding hydrogens is 252 g/mol. The van der Waals surface area contributed by atoms with Gasteiger partial charge in [-0.3, -0.25) is 4.79 Å². The van der Waals surface area contributed by atoms with E-state index in [1.165, 1.54) is 6.42 Å². The van der Waals surface area contributed by atoms with E-state index in [2.05, 4.69) is 11.4 Å². The molecule has 0 aromatic heterocycles. The average Bonchev–Trinajstić information content (AvgIpc) is 2.41. The van der Waals surface area contributed by atoms with Crippen LogP contribution >= 0.6 is 0 Å². The molecule has 1 aliphatic carbocycles. The van der Waals surface area contributed by atoms with Crippen LogP contribution in [0, 0.1) is 5.41 Å². The monoisotopic (exact) mass is 276 g/mol. The molecule has 0 aliphatic heterocycles. The number of benzene rings is 1. The van der Waals surface area contributed by atoms with Crippen LogP contribution in [0.25, 0.3) is 0 Å². The summed E-state index contributed by atoms with van der Waals surface area (Å²) in [5, 5.41) is 2.99. The lowest BCUT2D eigenvalue weighted by atomic mass is 9.66. The number of hydrogen-bond donors (Lipinski definition) is 2. The van der Waals surface area contributed by atoms with E-state index >= 15 is 0 Å². The van der Waals surface area contributed by atoms with Crippen LogP contribution in [0.3, 0.4) is 0 Å². The van der Waals surface area contributed by atoms with E-state index in [1.54, 1.807) is 7.11 Å². The van der Waals surface area contributed by atoms with Gasteiger partial charge in [0.15, 0.2) is 0 Å². The molecule has 0 saturated heterocycles. The maximum absolute atomic E-state index is 12.0. The highest BCUT2D eigenvalue weighted by atomic mass is 16.5. The van der Waals surface area contributed by atoms with E-state index in [4.69, 9.17) is 10.5 Å². The normalized spacial score (nSPS) is 16.5. The SMILES string of the molecule is COCc1cccc(CNC(=O)CC2(CN)CCC2)c1. The molecule has 1 aliphatic rings. The lowest BCUT2D eigenvalue weighted by Gasteiger charge is -2.40. The van der Waals surface area contributed by atoms with Crippen molar-refractivity contribution in [2.24, 2.45) is 11.1 Å². The van der Waals surface area contributed by atoms with Gasteiger partial charge >= 0.3 is 0 Å². The number of nitrogens with one attached hydrogen (secondary N) is 1. The highest BCUT2D eigenvalue weighted by molar-refractivity contribution is 5.76. The van der Waals surface area contributed by atoms with Crippen LogP contribution < -0.4 is 11.1 Å². The predicted molar refractivity (Wildman–Crippen MR) is 79.0 cm³/mol. The van der Waals surface area contributed by atoms with Crippen molar-refractivity contribution >= 4 is 5.91 Å². The Bertz CT molecular complexity index is 450. The van der Waals surface area contributed by atoms with Gasteiger partial charge in [0.25, 0.3) is 0 Å². The Morgan fingerprint density at radius 2 is 2.15 bits per heavy atom. The zero-order valence-corrected chi connectivity index (χ0v) is 12.2. The molecule has 4 heteroatoms. The third-order valence-electron chi connectivity index (χ3n) is 4.17. The van der Waals surface area contributed by atoms with Crippen LogP contribution in [-0.2, 0) is 22.7 Å². The summed E-state index contributed by atoms with van der Waals surface area (Å²) in [7, 11) is 1.68. The van der Waals surface area contributed by atoms with Gasteiger partial charge in [-0.15, -0.1) is 0 Å². The molecule has 1 amide bonds. The second kappa shape index (κ2) is 6.86. The molecule has 2 rings (SSSR count). The summed E-state index contributed by atoms with van der Waals surface area (Å²) in [5.74, 6) is 0.104. The summed E-state index contributed by atoms with van der Waals surface area (Å²) >= 11 is 0. The first-order chi connectivity index (χ1) is 9.67. The van der Waals surface area contributed by atoms with Gasteiger partial charge in [0, 0.05) is 20.1 Å². The molecule has 4 nitrogen and oxygen atoms in total. The van der Waals surface area contributed by atoms with Crippen LogP contribution in [0.15, 0.2) is 24.3 Å². The van der Waals surface area contributed by atoms with Crippen molar-refractivity contribution in [3.63, 3.8) is 0 Å². The lowest BCUT2D eigenvalue weighted by Crippen LogP contribution is -2.41. The second-order valence-corrected chi connectivity index (χ2v) is 5.76. The van der Waals surface area contributed by atoms with Gasteiger partial charge in [-0.25, -0.2) is 0 Å². The zero-order chi connectivity index (χ0) is 14.4. The number of methoxy groups -OCH3 is 1. The quantitative estimate of drug-likeness (QED) is 0.800. The lowest BCUT2D eigenvalue weighted by molar-refractivity contribution is -0.124. The maximum Gasteiger partial charge on any atom is 0.220 e. The van der Waals surface area contributed by atoms with Crippen molar-refractivity contribution in [1.29, 1.82) is 0 Å². The summed E-state index contributed by atoms with van der Waals surface area (Å²) in [6.07, 6.45) is 3.92. The summed E-state index contributed by atoms with van der Waals surface area (Å²) < 4.78 is 5.11. The Labute approximate surface area is 120 Å². The Hall–Kier alpha value is -1.39. The van der Waals surface area contributed by atoms with E-state index in [-0.39, 0.29) is 11.3 Å². The van der Waals surface area contributed by atoms with Crippen LogP contribution in [-0.4, -0.2) is 19.6 Å². The predicted octanol–water partition coefficient (Wildman–Crippen LogP) is 1.97. The van der Waals surface area contributed by atoms with Crippen LogP contribution in [0.4, 0.5) is 0 Å². The largest absolute Gasteiger partial charge is 0.380 e. The molecular formula is C16H24N2O2. The number of rotatable bonds is 7. The molecule has 0 atom stereocenters. The fourth-order valence-corrected chi connectivity index (χ4v) is 2.73. The molecule has 0 bridgehead atoms. The molecule has 110 valence electrons. The molecule has 1 aromatic rings. The number of carbonyl (C=O) groups is 1. The van der Waals surface area contributed by atoms with E-state index in [9.17, 15) is 4.79 Å². The van der Waals surface area contributed by atoms with Crippen molar-refractivity contribution in [2.45, 2.75) is 38.8 Å². The molecule has 0 spiro atoms. The summed E-state index contributed by atoms with van der Waals surface area (Å²) in [6, 6.07) is 8.09. The molecule has 1 saturated carbocycles. The molecule has 20 heavy (non-hydrogen) atoms. The number of hydrogen-bond acceptors (Lipinski definition) is 3. The van der Waals surface area contributed by atoms with Gasteiger partial charge in [0.1, 0.15) is 0 Å². The summed E-state index contributed by atoms with van der Waals surface area (Å²) in [5.41, 5.74) is 8.08. The van der Waals surface area contributed by atoms with Gasteiger partial charge in [0.2, 0.25) is 5.91 Å². The second-order valence-electron chi connectivity index (χ2n) is 5.76. The number of nitrogens with two attached hydrogens (primary N) is 1. The molecule has 0 radical (unpaired) electrons. The first kappa shape index (κ1) is 15.0. The number of carbonyl (C=O) groups excluding carboxylic acids is 1. The van der Waals surface area contributed by atoms with E-state index < -0.39 is 0 Å². The molecule has 0 heterocycles. The molecule has 3 N–H and O–H groups in total. The van der Waals surface area contributed by atoms with E-state index in [0.717, 1.165) is 24.0 Å². The van der Waals surface area contributed by atoms with Gasteiger partial charge in [-0.1, -0.05) is 30.7 Å². The Morgan fingerprint density at radius 3 is 2.75 bits per heavy atom. The minimum atomic E-state index is 0.0714. The third kappa shape index (κ3) is 3.81. The van der Waals surface area contributed by atoms with Gasteiger partial charge in [-0.2, -0.15) is 0 Å². The third-order valence-corrected chi connectivity index (χ3v) is 4.17.